The van der Waals surface area contributed by atoms with Gasteiger partial charge < -0.3 is 10.1 Å². The van der Waals surface area contributed by atoms with Gasteiger partial charge in [-0.15, -0.1) is 11.3 Å². The van der Waals surface area contributed by atoms with Crippen LogP contribution in [0.3, 0.4) is 0 Å². The fourth-order valence-corrected chi connectivity index (χ4v) is 4.06. The van der Waals surface area contributed by atoms with Crippen molar-refractivity contribution in [2.24, 2.45) is 0 Å². The molecule has 1 saturated heterocycles. The van der Waals surface area contributed by atoms with Crippen LogP contribution < -0.4 is 5.32 Å². The molecule has 0 bridgehead atoms. The molecule has 0 radical (unpaired) electrons. The van der Waals surface area contributed by atoms with Crippen LogP contribution in [-0.2, 0) is 11.3 Å². The molecule has 3 heterocycles. The van der Waals surface area contributed by atoms with Gasteiger partial charge in [0.25, 0.3) is 0 Å². The van der Waals surface area contributed by atoms with Crippen molar-refractivity contribution >= 4 is 11.3 Å². The van der Waals surface area contributed by atoms with E-state index < -0.39 is 0 Å². The van der Waals surface area contributed by atoms with E-state index in [9.17, 15) is 0 Å². The molecule has 1 saturated carbocycles. The van der Waals surface area contributed by atoms with Crippen molar-refractivity contribution in [3.63, 3.8) is 0 Å². The average molecular weight is 315 g/mol. The fourth-order valence-electron chi connectivity index (χ4n) is 3.03. The van der Waals surface area contributed by atoms with Gasteiger partial charge in [0, 0.05) is 48.6 Å². The number of aromatic nitrogens is 2. The quantitative estimate of drug-likeness (QED) is 0.918. The Morgan fingerprint density at radius 3 is 2.91 bits per heavy atom. The van der Waals surface area contributed by atoms with E-state index in [0.717, 1.165) is 31.9 Å². The van der Waals surface area contributed by atoms with Gasteiger partial charge >= 0.3 is 0 Å². The van der Waals surface area contributed by atoms with Crippen LogP contribution in [0.2, 0.25) is 0 Å². The first-order valence-corrected chi connectivity index (χ1v) is 8.91. The van der Waals surface area contributed by atoms with Gasteiger partial charge in [-0.25, -0.2) is 4.98 Å². The molecule has 2 fully saturated rings. The molecule has 22 heavy (non-hydrogen) atoms. The summed E-state index contributed by atoms with van der Waals surface area (Å²) in [6.45, 7) is 1.73. The lowest BCUT2D eigenvalue weighted by atomic mass is 9.96. The SMILES string of the molecule is c1cc([C@H]2OCCC[C@@H]2NCc2cnc(C3CC3)s2)ccn1. The van der Waals surface area contributed by atoms with Gasteiger partial charge in [0.15, 0.2) is 0 Å². The maximum absolute atomic E-state index is 6.02. The number of thiazole rings is 1. The zero-order valence-corrected chi connectivity index (χ0v) is 13.4. The second kappa shape index (κ2) is 6.44. The van der Waals surface area contributed by atoms with Crippen LogP contribution in [0.25, 0.3) is 0 Å². The van der Waals surface area contributed by atoms with Gasteiger partial charge in [-0.1, -0.05) is 0 Å². The second-order valence-corrected chi connectivity index (χ2v) is 7.29. The monoisotopic (exact) mass is 315 g/mol. The van der Waals surface area contributed by atoms with Crippen molar-refractivity contribution in [3.05, 3.63) is 46.2 Å². The molecule has 1 aliphatic carbocycles. The first kappa shape index (κ1) is 14.3. The first-order valence-electron chi connectivity index (χ1n) is 8.09. The van der Waals surface area contributed by atoms with Crippen molar-refractivity contribution in [2.45, 2.75) is 50.3 Å². The third-order valence-electron chi connectivity index (χ3n) is 4.39. The van der Waals surface area contributed by atoms with Crippen molar-refractivity contribution < 1.29 is 4.74 Å². The number of hydrogen-bond donors (Lipinski definition) is 1. The Hall–Kier alpha value is -1.30. The zero-order valence-electron chi connectivity index (χ0n) is 12.6. The van der Waals surface area contributed by atoms with E-state index in [4.69, 9.17) is 4.74 Å². The average Bonchev–Trinajstić information content (AvgIpc) is 3.33. The highest BCUT2D eigenvalue weighted by atomic mass is 32.1. The highest BCUT2D eigenvalue weighted by Crippen LogP contribution is 2.41. The minimum atomic E-state index is 0.132. The van der Waals surface area contributed by atoms with Crippen LogP contribution in [-0.4, -0.2) is 22.6 Å². The third kappa shape index (κ3) is 3.21. The summed E-state index contributed by atoms with van der Waals surface area (Å²) >= 11 is 1.86. The molecule has 4 nitrogen and oxygen atoms in total. The molecule has 0 amide bonds. The number of rotatable bonds is 5. The van der Waals surface area contributed by atoms with E-state index in [1.165, 1.54) is 28.3 Å². The summed E-state index contributed by atoms with van der Waals surface area (Å²) < 4.78 is 6.02. The van der Waals surface area contributed by atoms with E-state index in [2.05, 4.69) is 27.4 Å². The molecule has 1 aliphatic heterocycles. The smallest absolute Gasteiger partial charge is 0.0978 e. The molecule has 4 rings (SSSR count). The maximum atomic E-state index is 6.02. The van der Waals surface area contributed by atoms with Crippen molar-refractivity contribution in [2.75, 3.05) is 6.61 Å². The number of ether oxygens (including phenoxy) is 1. The summed E-state index contributed by atoms with van der Waals surface area (Å²) in [5, 5.41) is 5.01. The highest BCUT2D eigenvalue weighted by Gasteiger charge is 2.28. The van der Waals surface area contributed by atoms with E-state index in [-0.39, 0.29) is 6.10 Å². The second-order valence-electron chi connectivity index (χ2n) is 6.14. The maximum Gasteiger partial charge on any atom is 0.0978 e. The molecule has 2 atom stereocenters. The number of nitrogens with one attached hydrogen (secondary N) is 1. The lowest BCUT2D eigenvalue weighted by molar-refractivity contribution is -0.0111. The minimum absolute atomic E-state index is 0.132. The largest absolute Gasteiger partial charge is 0.372 e. The van der Waals surface area contributed by atoms with Crippen molar-refractivity contribution in [1.82, 2.24) is 15.3 Å². The normalized spacial score (nSPS) is 25.3. The summed E-state index contributed by atoms with van der Waals surface area (Å²) in [7, 11) is 0. The molecule has 116 valence electrons. The van der Waals surface area contributed by atoms with Crippen LogP contribution >= 0.6 is 11.3 Å². The lowest BCUT2D eigenvalue weighted by Gasteiger charge is -2.32. The Balaban J connectivity index is 1.40. The summed E-state index contributed by atoms with van der Waals surface area (Å²) in [6.07, 6.45) is 10.8. The Morgan fingerprint density at radius 1 is 1.23 bits per heavy atom. The van der Waals surface area contributed by atoms with Gasteiger partial charge in [-0.2, -0.15) is 0 Å². The van der Waals surface area contributed by atoms with Crippen molar-refractivity contribution in [1.29, 1.82) is 0 Å². The molecule has 2 aliphatic rings. The van der Waals surface area contributed by atoms with Gasteiger partial charge in [0.05, 0.1) is 11.1 Å². The van der Waals surface area contributed by atoms with Crippen LogP contribution in [0.1, 0.15) is 53.2 Å². The van der Waals surface area contributed by atoms with Gasteiger partial charge in [0.2, 0.25) is 0 Å². The first-order chi connectivity index (χ1) is 10.9. The number of hydrogen-bond acceptors (Lipinski definition) is 5. The molecule has 1 N–H and O–H groups in total. The molecule has 2 aromatic rings. The molecule has 0 unspecified atom stereocenters. The van der Waals surface area contributed by atoms with Gasteiger partial charge in [-0.3, -0.25) is 4.98 Å². The van der Waals surface area contributed by atoms with Crippen LogP contribution in [0, 0.1) is 0 Å². The molecule has 0 spiro atoms. The standard InChI is InChI=1S/C17H21N3OS/c1-2-15(16(21-9-1)12-5-7-18-8-6-12)19-10-14-11-20-17(22-14)13-3-4-13/h5-8,11,13,15-16,19H,1-4,9-10H2/t15-,16+/m0/s1. The third-order valence-corrected chi connectivity index (χ3v) is 5.55. The molecular weight excluding hydrogens is 294 g/mol. The van der Waals surface area contributed by atoms with Gasteiger partial charge in [-0.05, 0) is 43.4 Å². The number of pyridine rings is 1. The summed E-state index contributed by atoms with van der Waals surface area (Å²) in [5.41, 5.74) is 1.22. The predicted octanol–water partition coefficient (Wildman–Crippen LogP) is 3.43. The van der Waals surface area contributed by atoms with E-state index >= 15 is 0 Å². The van der Waals surface area contributed by atoms with Crippen LogP contribution in [0.4, 0.5) is 0 Å². The van der Waals surface area contributed by atoms with Crippen molar-refractivity contribution in [3.8, 4) is 0 Å². The summed E-state index contributed by atoms with van der Waals surface area (Å²) in [6, 6.07) is 4.48. The van der Waals surface area contributed by atoms with Crippen LogP contribution in [0.5, 0.6) is 0 Å². The molecule has 5 heteroatoms. The Labute approximate surface area is 135 Å². The molecule has 0 aromatic carbocycles. The number of nitrogens with zero attached hydrogens (tertiary/aromatic N) is 2. The fraction of sp³-hybridized carbons (Fsp3) is 0.529. The molecular formula is C17H21N3OS. The Kier molecular flexibility index (Phi) is 4.19. The van der Waals surface area contributed by atoms with E-state index in [0.29, 0.717) is 6.04 Å². The van der Waals surface area contributed by atoms with E-state index in [1.807, 2.05) is 29.9 Å². The lowest BCUT2D eigenvalue weighted by Crippen LogP contribution is -2.39. The minimum Gasteiger partial charge on any atom is -0.372 e. The van der Waals surface area contributed by atoms with Gasteiger partial charge in [0.1, 0.15) is 0 Å². The Morgan fingerprint density at radius 2 is 2.09 bits per heavy atom. The molecule has 2 aromatic heterocycles. The predicted molar refractivity (Wildman–Crippen MR) is 86.9 cm³/mol. The highest BCUT2D eigenvalue weighted by molar-refractivity contribution is 7.11. The Bertz CT molecular complexity index is 611. The van der Waals surface area contributed by atoms with E-state index in [1.54, 1.807) is 0 Å². The summed E-state index contributed by atoms with van der Waals surface area (Å²) in [5.74, 6) is 0.751. The topological polar surface area (TPSA) is 47.0 Å². The van der Waals surface area contributed by atoms with Crippen LogP contribution in [0.15, 0.2) is 30.7 Å². The summed E-state index contributed by atoms with van der Waals surface area (Å²) in [4.78, 5) is 9.99. The zero-order chi connectivity index (χ0) is 14.8.